The minimum atomic E-state index is -0.702. The van der Waals surface area contributed by atoms with E-state index in [1.165, 1.54) is 9.44 Å². The van der Waals surface area contributed by atoms with Crippen LogP contribution in [0.3, 0.4) is 0 Å². The smallest absolute Gasteiger partial charge is 0.329 e. The zero-order chi connectivity index (χ0) is 18.0. The Morgan fingerprint density at radius 1 is 1.44 bits per heavy atom. The summed E-state index contributed by atoms with van der Waals surface area (Å²) in [5.74, 6) is -0.375. The molecule has 1 saturated heterocycles. The first-order valence-corrected chi connectivity index (χ1v) is 9.34. The first-order valence-electron chi connectivity index (χ1n) is 8.46. The van der Waals surface area contributed by atoms with Crippen molar-refractivity contribution >= 4 is 22.9 Å². The molecule has 1 atom stereocenters. The van der Waals surface area contributed by atoms with Gasteiger partial charge >= 0.3 is 5.69 Å². The minimum absolute atomic E-state index is 0.0347. The molecule has 3 rings (SSSR count). The van der Waals surface area contributed by atoms with E-state index in [1.54, 1.807) is 11.3 Å². The maximum absolute atomic E-state index is 12.8. The summed E-state index contributed by atoms with van der Waals surface area (Å²) in [6.07, 6.45) is 2.68. The van der Waals surface area contributed by atoms with E-state index in [9.17, 15) is 14.4 Å². The van der Waals surface area contributed by atoms with Gasteiger partial charge in [-0.05, 0) is 37.3 Å². The number of Topliss-reactive ketones (excluding diaryl/α,β-unsaturated/α-hetero) is 1. The molecule has 134 valence electrons. The highest BCUT2D eigenvalue weighted by molar-refractivity contribution is 7.10. The standard InChI is InChI=1S/C17H22N4O3S/c1-2-7-21-15(18)14(16(23)19-17(21)24)12(22)10-20-8-3-5-11(20)13-6-4-9-25-13/h4,6,9,11H,2-3,5,7-8,10,18H2,1H3,(H,19,23,24)/t11-/m1/s1. The fraction of sp³-hybridized carbons (Fsp3) is 0.471. The minimum Gasteiger partial charge on any atom is -0.384 e. The van der Waals surface area contributed by atoms with E-state index in [2.05, 4.69) is 16.0 Å². The number of hydrogen-bond donors (Lipinski definition) is 2. The van der Waals surface area contributed by atoms with Crippen molar-refractivity contribution in [2.75, 3.05) is 18.8 Å². The Hall–Kier alpha value is -2.19. The maximum atomic E-state index is 12.8. The third-order valence-electron chi connectivity index (χ3n) is 4.55. The van der Waals surface area contributed by atoms with Crippen LogP contribution in [0.2, 0.25) is 0 Å². The number of nitrogen functional groups attached to an aromatic ring is 1. The lowest BCUT2D eigenvalue weighted by molar-refractivity contribution is 0.0921. The van der Waals surface area contributed by atoms with Gasteiger partial charge in [0.05, 0.1) is 6.54 Å². The third kappa shape index (κ3) is 3.45. The highest BCUT2D eigenvalue weighted by atomic mass is 32.1. The van der Waals surface area contributed by atoms with E-state index >= 15 is 0 Å². The molecule has 0 radical (unpaired) electrons. The van der Waals surface area contributed by atoms with Crippen molar-refractivity contribution in [2.45, 2.75) is 38.8 Å². The normalized spacial score (nSPS) is 17.9. The number of carbonyl (C=O) groups is 1. The fourth-order valence-electron chi connectivity index (χ4n) is 3.38. The number of thiophene rings is 1. The number of nitrogens with one attached hydrogen (secondary N) is 1. The second-order valence-corrected chi connectivity index (χ2v) is 7.22. The molecule has 0 saturated carbocycles. The predicted octanol–water partition coefficient (Wildman–Crippen LogP) is 1.61. The van der Waals surface area contributed by atoms with Crippen LogP contribution in [0.5, 0.6) is 0 Å². The summed E-state index contributed by atoms with van der Waals surface area (Å²) in [5, 5.41) is 2.02. The Labute approximate surface area is 149 Å². The van der Waals surface area contributed by atoms with Crippen LogP contribution in [-0.2, 0) is 6.54 Å². The number of nitrogens with two attached hydrogens (primary N) is 1. The van der Waals surface area contributed by atoms with Gasteiger partial charge in [0.2, 0.25) is 0 Å². The molecule has 2 aromatic rings. The van der Waals surface area contributed by atoms with Crippen LogP contribution in [-0.4, -0.2) is 33.3 Å². The molecule has 3 N–H and O–H groups in total. The number of anilines is 1. The lowest BCUT2D eigenvalue weighted by atomic mass is 10.1. The van der Waals surface area contributed by atoms with Gasteiger partial charge in [-0.1, -0.05) is 13.0 Å². The Bertz CT molecular complexity index is 869. The highest BCUT2D eigenvalue weighted by Crippen LogP contribution is 2.34. The van der Waals surface area contributed by atoms with Crippen molar-refractivity contribution in [1.29, 1.82) is 0 Å². The van der Waals surface area contributed by atoms with Crippen LogP contribution >= 0.6 is 11.3 Å². The average Bonchev–Trinajstić information content (AvgIpc) is 3.22. The molecule has 1 fully saturated rings. The van der Waals surface area contributed by atoms with Gasteiger partial charge in [-0.15, -0.1) is 11.3 Å². The van der Waals surface area contributed by atoms with E-state index < -0.39 is 11.2 Å². The van der Waals surface area contributed by atoms with E-state index in [-0.39, 0.29) is 29.8 Å². The molecule has 8 heteroatoms. The van der Waals surface area contributed by atoms with Crippen LogP contribution in [0.1, 0.15) is 47.5 Å². The quantitative estimate of drug-likeness (QED) is 0.760. The number of aromatic amines is 1. The van der Waals surface area contributed by atoms with Crippen molar-refractivity contribution in [3.05, 3.63) is 48.8 Å². The van der Waals surface area contributed by atoms with Gasteiger partial charge in [0.25, 0.3) is 5.56 Å². The van der Waals surface area contributed by atoms with Gasteiger partial charge < -0.3 is 5.73 Å². The lowest BCUT2D eigenvalue weighted by Crippen LogP contribution is -2.39. The number of aromatic nitrogens is 2. The van der Waals surface area contributed by atoms with Gasteiger partial charge in [0, 0.05) is 17.5 Å². The molecule has 0 unspecified atom stereocenters. The number of carbonyl (C=O) groups excluding carboxylic acids is 1. The molecule has 0 amide bonds. The summed E-state index contributed by atoms with van der Waals surface area (Å²) in [4.78, 5) is 42.3. The molecule has 2 aromatic heterocycles. The van der Waals surface area contributed by atoms with Crippen molar-refractivity contribution in [2.24, 2.45) is 0 Å². The first kappa shape index (κ1) is 17.6. The molecule has 0 aliphatic carbocycles. The summed E-state index contributed by atoms with van der Waals surface area (Å²) in [6, 6.07) is 4.27. The predicted molar refractivity (Wildman–Crippen MR) is 98.2 cm³/mol. The largest absolute Gasteiger partial charge is 0.384 e. The van der Waals surface area contributed by atoms with E-state index in [0.717, 1.165) is 19.4 Å². The number of ketones is 1. The first-order chi connectivity index (χ1) is 12.0. The molecule has 1 aliphatic heterocycles. The van der Waals surface area contributed by atoms with Crippen LogP contribution in [0, 0.1) is 0 Å². The Balaban J connectivity index is 1.87. The molecular formula is C17H22N4O3S. The highest BCUT2D eigenvalue weighted by Gasteiger charge is 2.30. The second kappa shape index (κ2) is 7.37. The molecule has 0 aromatic carbocycles. The summed E-state index contributed by atoms with van der Waals surface area (Å²) < 4.78 is 1.26. The second-order valence-electron chi connectivity index (χ2n) is 6.24. The van der Waals surface area contributed by atoms with Crippen molar-refractivity contribution in [1.82, 2.24) is 14.5 Å². The molecule has 25 heavy (non-hydrogen) atoms. The average molecular weight is 362 g/mol. The number of likely N-dealkylation sites (tertiary alicyclic amines) is 1. The van der Waals surface area contributed by atoms with Crippen molar-refractivity contribution < 1.29 is 4.79 Å². The molecule has 0 spiro atoms. The van der Waals surface area contributed by atoms with Crippen LogP contribution < -0.4 is 17.0 Å². The fourth-order valence-corrected chi connectivity index (χ4v) is 4.28. The van der Waals surface area contributed by atoms with Crippen LogP contribution in [0.25, 0.3) is 0 Å². The number of nitrogens with zero attached hydrogens (tertiary/aromatic N) is 2. The molecule has 3 heterocycles. The number of hydrogen-bond acceptors (Lipinski definition) is 6. The number of H-pyrrole nitrogens is 1. The molecule has 7 nitrogen and oxygen atoms in total. The van der Waals surface area contributed by atoms with Crippen molar-refractivity contribution in [3.8, 4) is 0 Å². The zero-order valence-corrected chi connectivity index (χ0v) is 15.0. The van der Waals surface area contributed by atoms with Crippen LogP contribution in [0.4, 0.5) is 5.82 Å². The topological polar surface area (TPSA) is 101 Å². The maximum Gasteiger partial charge on any atom is 0.329 e. The van der Waals surface area contributed by atoms with Gasteiger partial charge in [0.1, 0.15) is 11.4 Å². The third-order valence-corrected chi connectivity index (χ3v) is 5.52. The summed E-state index contributed by atoms with van der Waals surface area (Å²) in [5.41, 5.74) is 4.60. The Morgan fingerprint density at radius 3 is 2.92 bits per heavy atom. The zero-order valence-electron chi connectivity index (χ0n) is 14.2. The van der Waals surface area contributed by atoms with Gasteiger partial charge in [-0.3, -0.25) is 24.0 Å². The van der Waals surface area contributed by atoms with E-state index in [0.29, 0.717) is 13.0 Å². The van der Waals surface area contributed by atoms with E-state index in [1.807, 2.05) is 18.4 Å². The summed E-state index contributed by atoms with van der Waals surface area (Å²) in [6.45, 7) is 3.19. The van der Waals surface area contributed by atoms with Gasteiger partial charge in [-0.2, -0.15) is 0 Å². The summed E-state index contributed by atoms with van der Waals surface area (Å²) >= 11 is 1.67. The van der Waals surface area contributed by atoms with Crippen molar-refractivity contribution in [3.63, 3.8) is 0 Å². The Morgan fingerprint density at radius 2 is 2.24 bits per heavy atom. The molecule has 1 aliphatic rings. The van der Waals surface area contributed by atoms with E-state index in [4.69, 9.17) is 5.73 Å². The number of rotatable bonds is 6. The van der Waals surface area contributed by atoms with Gasteiger partial charge in [0.15, 0.2) is 5.78 Å². The molecule has 0 bridgehead atoms. The van der Waals surface area contributed by atoms with Gasteiger partial charge in [-0.25, -0.2) is 4.79 Å². The lowest BCUT2D eigenvalue weighted by Gasteiger charge is -2.23. The SMILES string of the molecule is CCCn1c(N)c(C(=O)CN2CCC[C@@H]2c2cccs2)c(=O)[nH]c1=O. The monoisotopic (exact) mass is 362 g/mol. The molecular weight excluding hydrogens is 340 g/mol. The Kier molecular flexibility index (Phi) is 5.19. The summed E-state index contributed by atoms with van der Waals surface area (Å²) in [7, 11) is 0. The van der Waals surface area contributed by atoms with Crippen LogP contribution in [0.15, 0.2) is 27.1 Å².